The molecule has 3 aromatic carbocycles. The minimum Gasteiger partial charge on any atom is -0.449 e. The van der Waals surface area contributed by atoms with Gasteiger partial charge in [0.2, 0.25) is 5.88 Å². The highest BCUT2D eigenvalue weighted by Gasteiger charge is 2.37. The monoisotopic (exact) mass is 453 g/mol. The van der Waals surface area contributed by atoms with Gasteiger partial charge in [0, 0.05) is 11.5 Å². The molecule has 4 nitrogen and oxygen atoms in total. The quantitative estimate of drug-likeness (QED) is 0.270. The summed E-state index contributed by atoms with van der Waals surface area (Å²) in [5.74, 6) is -0.227. The zero-order chi connectivity index (χ0) is 23.3. The number of nitrogens with zero attached hydrogens (tertiary/aromatic N) is 1. The molecule has 0 fully saturated rings. The number of carboxylic acid groups (broad SMARTS) is 1. The van der Waals surface area contributed by atoms with Gasteiger partial charge in [0.15, 0.2) is 0 Å². The highest BCUT2D eigenvalue weighted by Crippen LogP contribution is 2.38. The van der Waals surface area contributed by atoms with Gasteiger partial charge in [0.05, 0.1) is 23.2 Å². The summed E-state index contributed by atoms with van der Waals surface area (Å²) < 4.78 is 85.3. The van der Waals surface area contributed by atoms with Gasteiger partial charge in [0.25, 0.3) is 0 Å². The van der Waals surface area contributed by atoms with E-state index in [1.165, 1.54) is 10.6 Å². The molecule has 1 heterocycles. The molecule has 1 aromatic heterocycles. The normalized spacial score (nSPS) is 12.4. The molecule has 32 heavy (non-hydrogen) atoms. The molecule has 0 aliphatic heterocycles. The first kappa shape index (κ1) is 21.5. The zero-order valence-electron chi connectivity index (χ0n) is 16.0. The fraction of sp³-hybridized carbons (Fsp3) is 0.136. The number of hydrogen-bond donors (Lipinski definition) is 1. The van der Waals surface area contributed by atoms with Crippen molar-refractivity contribution in [1.82, 2.24) is 4.57 Å². The Hall–Kier alpha value is -3.69. The van der Waals surface area contributed by atoms with E-state index < -0.39 is 36.2 Å². The van der Waals surface area contributed by atoms with Crippen molar-refractivity contribution in [2.24, 2.45) is 0 Å². The SMILES string of the molecule is O=C(O)Oc1cc2c3ccccc3ccc2n1Cc1cc(C(F)(F)F)cc(C(F)(F)F)c1. The van der Waals surface area contributed by atoms with E-state index in [0.717, 1.165) is 10.8 Å². The number of rotatable bonds is 3. The summed E-state index contributed by atoms with van der Waals surface area (Å²) in [7, 11) is 0. The van der Waals surface area contributed by atoms with E-state index in [1.54, 1.807) is 30.3 Å². The summed E-state index contributed by atoms with van der Waals surface area (Å²) in [5, 5.41) is 11.1. The van der Waals surface area contributed by atoms with Crippen LogP contribution in [0.4, 0.5) is 31.1 Å². The Balaban J connectivity index is 1.92. The van der Waals surface area contributed by atoms with E-state index >= 15 is 0 Å². The lowest BCUT2D eigenvalue weighted by Crippen LogP contribution is -2.13. The van der Waals surface area contributed by atoms with Crippen LogP contribution in [0.1, 0.15) is 16.7 Å². The summed E-state index contributed by atoms with van der Waals surface area (Å²) in [5.41, 5.74) is -2.83. The Morgan fingerprint density at radius 2 is 1.47 bits per heavy atom. The largest absolute Gasteiger partial charge is 0.512 e. The molecule has 1 N–H and O–H groups in total. The molecule has 0 bridgehead atoms. The molecular formula is C22H13F6NO3. The smallest absolute Gasteiger partial charge is 0.449 e. The molecule has 4 aromatic rings. The van der Waals surface area contributed by atoms with Crippen molar-refractivity contribution in [3.63, 3.8) is 0 Å². The van der Waals surface area contributed by atoms with Crippen molar-refractivity contribution < 1.29 is 41.0 Å². The van der Waals surface area contributed by atoms with Gasteiger partial charge in [-0.25, -0.2) is 4.79 Å². The maximum Gasteiger partial charge on any atom is 0.512 e. The van der Waals surface area contributed by atoms with Gasteiger partial charge in [-0.05, 0) is 40.6 Å². The number of fused-ring (bicyclic) bond motifs is 3. The number of carbonyl (C=O) groups is 1. The highest BCUT2D eigenvalue weighted by atomic mass is 19.4. The van der Waals surface area contributed by atoms with E-state index in [4.69, 9.17) is 9.84 Å². The second-order valence-corrected chi connectivity index (χ2v) is 7.07. The molecule has 4 rings (SSSR count). The van der Waals surface area contributed by atoms with Crippen molar-refractivity contribution in [3.8, 4) is 5.88 Å². The van der Waals surface area contributed by atoms with Crippen LogP contribution in [0.5, 0.6) is 5.88 Å². The van der Waals surface area contributed by atoms with Crippen LogP contribution in [-0.2, 0) is 18.9 Å². The first-order valence-corrected chi connectivity index (χ1v) is 9.13. The fourth-order valence-corrected chi connectivity index (χ4v) is 3.62. The second kappa shape index (κ2) is 7.47. The lowest BCUT2D eigenvalue weighted by atomic mass is 10.0. The van der Waals surface area contributed by atoms with E-state index in [0.29, 0.717) is 23.0 Å². The fourth-order valence-electron chi connectivity index (χ4n) is 3.62. The predicted octanol–water partition coefficient (Wildman–Crippen LogP) is 6.94. The van der Waals surface area contributed by atoms with Crippen molar-refractivity contribution in [2.75, 3.05) is 0 Å². The molecule has 0 atom stereocenters. The summed E-state index contributed by atoms with van der Waals surface area (Å²) >= 11 is 0. The average Bonchev–Trinajstić information content (AvgIpc) is 3.03. The average molecular weight is 453 g/mol. The molecular weight excluding hydrogens is 440 g/mol. The summed E-state index contributed by atoms with van der Waals surface area (Å²) in [6, 6.07) is 13.1. The highest BCUT2D eigenvalue weighted by molar-refractivity contribution is 6.07. The third-order valence-electron chi connectivity index (χ3n) is 4.95. The third-order valence-corrected chi connectivity index (χ3v) is 4.95. The Bertz CT molecular complexity index is 1310. The first-order valence-electron chi connectivity index (χ1n) is 9.13. The molecule has 0 aliphatic carbocycles. The molecule has 0 spiro atoms. The number of benzene rings is 3. The van der Waals surface area contributed by atoms with Crippen LogP contribution in [0, 0.1) is 0 Å². The van der Waals surface area contributed by atoms with Crippen molar-refractivity contribution >= 4 is 27.8 Å². The van der Waals surface area contributed by atoms with Crippen LogP contribution in [0.25, 0.3) is 21.7 Å². The third kappa shape index (κ3) is 4.08. The van der Waals surface area contributed by atoms with Crippen LogP contribution >= 0.6 is 0 Å². The standard InChI is InChI=1S/C22H13F6NO3/c23-21(24,25)14-7-12(8-15(9-14)22(26,27)28)11-29-18-6-5-13-3-1-2-4-16(13)17(18)10-19(29)32-20(30)31/h1-10H,11H2,(H,30,31). The van der Waals surface area contributed by atoms with Crippen LogP contribution in [0.3, 0.4) is 0 Å². The predicted molar refractivity (Wildman–Crippen MR) is 104 cm³/mol. The number of ether oxygens (including phenoxy) is 1. The van der Waals surface area contributed by atoms with Crippen molar-refractivity contribution in [2.45, 2.75) is 18.9 Å². The van der Waals surface area contributed by atoms with E-state index in [-0.39, 0.29) is 17.5 Å². The molecule has 0 unspecified atom stereocenters. The Kier molecular flexibility index (Phi) is 5.03. The number of aromatic nitrogens is 1. The zero-order valence-corrected chi connectivity index (χ0v) is 16.0. The molecule has 0 amide bonds. The second-order valence-electron chi connectivity index (χ2n) is 7.07. The molecule has 0 aliphatic rings. The van der Waals surface area contributed by atoms with Crippen LogP contribution in [-0.4, -0.2) is 15.8 Å². The van der Waals surface area contributed by atoms with Crippen LogP contribution in [0.15, 0.2) is 60.7 Å². The van der Waals surface area contributed by atoms with E-state index in [1.807, 2.05) is 6.07 Å². The number of hydrogen-bond acceptors (Lipinski definition) is 2. The molecule has 0 radical (unpaired) electrons. The van der Waals surface area contributed by atoms with Gasteiger partial charge in [-0.2, -0.15) is 26.3 Å². The van der Waals surface area contributed by atoms with Gasteiger partial charge >= 0.3 is 18.5 Å². The maximum absolute atomic E-state index is 13.2. The minimum absolute atomic E-state index is 0.0411. The van der Waals surface area contributed by atoms with Crippen molar-refractivity contribution in [1.29, 1.82) is 0 Å². The van der Waals surface area contributed by atoms with Gasteiger partial charge in [-0.3, -0.25) is 0 Å². The number of halogens is 6. The Morgan fingerprint density at radius 1 is 0.844 bits per heavy atom. The Labute approximate surface area is 176 Å². The lowest BCUT2D eigenvalue weighted by Gasteiger charge is -2.16. The van der Waals surface area contributed by atoms with Crippen LogP contribution in [0.2, 0.25) is 0 Å². The summed E-state index contributed by atoms with van der Waals surface area (Å²) in [4.78, 5) is 11.2. The van der Waals surface area contributed by atoms with Gasteiger partial charge in [-0.15, -0.1) is 0 Å². The first-order chi connectivity index (χ1) is 14.9. The van der Waals surface area contributed by atoms with Gasteiger partial charge < -0.3 is 14.4 Å². The maximum atomic E-state index is 13.2. The lowest BCUT2D eigenvalue weighted by molar-refractivity contribution is -0.143. The molecule has 0 saturated carbocycles. The van der Waals surface area contributed by atoms with Crippen LogP contribution < -0.4 is 4.74 Å². The molecule has 166 valence electrons. The van der Waals surface area contributed by atoms with Gasteiger partial charge in [-0.1, -0.05) is 30.3 Å². The number of alkyl halides is 6. The minimum atomic E-state index is -4.99. The molecule has 10 heteroatoms. The Morgan fingerprint density at radius 3 is 2.06 bits per heavy atom. The molecule has 0 saturated heterocycles. The topological polar surface area (TPSA) is 51.5 Å². The van der Waals surface area contributed by atoms with E-state index in [2.05, 4.69) is 0 Å². The van der Waals surface area contributed by atoms with Crippen molar-refractivity contribution in [3.05, 3.63) is 77.4 Å². The van der Waals surface area contributed by atoms with E-state index in [9.17, 15) is 31.1 Å². The summed E-state index contributed by atoms with van der Waals surface area (Å²) in [6.07, 6.45) is -11.7. The van der Waals surface area contributed by atoms with Gasteiger partial charge in [0.1, 0.15) is 0 Å². The summed E-state index contributed by atoms with van der Waals surface area (Å²) in [6.45, 7) is -0.475.